The van der Waals surface area contributed by atoms with E-state index in [1.807, 2.05) is 13.8 Å². The number of hydrogen-bond acceptors (Lipinski definition) is 4. The van der Waals surface area contributed by atoms with Crippen LogP contribution in [0.2, 0.25) is 0 Å². The summed E-state index contributed by atoms with van der Waals surface area (Å²) in [6.07, 6.45) is 2.74. The van der Waals surface area contributed by atoms with Crippen molar-refractivity contribution in [1.29, 1.82) is 0 Å². The fourth-order valence-corrected chi connectivity index (χ4v) is 2.18. The summed E-state index contributed by atoms with van der Waals surface area (Å²) in [4.78, 5) is 4.41. The molecule has 0 spiro atoms. The lowest BCUT2D eigenvalue weighted by Gasteiger charge is -2.12. The van der Waals surface area contributed by atoms with Gasteiger partial charge in [0.2, 0.25) is 0 Å². The summed E-state index contributed by atoms with van der Waals surface area (Å²) in [6.45, 7) is 3.86. The molecule has 0 fully saturated rings. The second kappa shape index (κ2) is 6.57. The summed E-state index contributed by atoms with van der Waals surface area (Å²) in [5.41, 5.74) is 3.90. The standard InChI is InChI=1S/C11H17N3S/c1-3-4-5-6-10(14-12)7-11-13-9(2)8-15-11/h8,10,14H,5-7,12H2,1-2H3. The van der Waals surface area contributed by atoms with E-state index in [1.54, 1.807) is 11.3 Å². The summed E-state index contributed by atoms with van der Waals surface area (Å²) < 4.78 is 0. The minimum absolute atomic E-state index is 0.274. The van der Waals surface area contributed by atoms with Crippen molar-refractivity contribution < 1.29 is 0 Å². The summed E-state index contributed by atoms with van der Waals surface area (Å²) in [6, 6.07) is 0.274. The monoisotopic (exact) mass is 223 g/mol. The van der Waals surface area contributed by atoms with Gasteiger partial charge in [0.1, 0.15) is 0 Å². The quantitative estimate of drug-likeness (QED) is 0.453. The predicted octanol–water partition coefficient (Wildman–Crippen LogP) is 1.63. The number of aromatic nitrogens is 1. The fraction of sp³-hybridized carbons (Fsp3) is 0.545. The van der Waals surface area contributed by atoms with Crippen LogP contribution in [0.3, 0.4) is 0 Å². The molecule has 1 atom stereocenters. The maximum absolute atomic E-state index is 5.49. The van der Waals surface area contributed by atoms with Gasteiger partial charge in [-0.25, -0.2) is 4.98 Å². The molecule has 1 aromatic heterocycles. The molecule has 4 heteroatoms. The number of nitrogens with one attached hydrogen (secondary N) is 1. The van der Waals surface area contributed by atoms with Crippen LogP contribution in [0, 0.1) is 18.8 Å². The average Bonchev–Trinajstić information content (AvgIpc) is 2.63. The molecule has 3 nitrogen and oxygen atoms in total. The van der Waals surface area contributed by atoms with Crippen molar-refractivity contribution in [3.63, 3.8) is 0 Å². The molecular formula is C11H17N3S. The van der Waals surface area contributed by atoms with Crippen molar-refractivity contribution in [3.05, 3.63) is 16.1 Å². The Kier molecular flexibility index (Phi) is 5.33. The van der Waals surface area contributed by atoms with Crippen molar-refractivity contribution in [3.8, 4) is 11.8 Å². The first-order chi connectivity index (χ1) is 7.26. The van der Waals surface area contributed by atoms with Gasteiger partial charge in [0.15, 0.2) is 0 Å². The van der Waals surface area contributed by atoms with Crippen LogP contribution in [-0.4, -0.2) is 11.0 Å². The highest BCUT2D eigenvalue weighted by molar-refractivity contribution is 7.09. The lowest BCUT2D eigenvalue weighted by Crippen LogP contribution is -2.36. The van der Waals surface area contributed by atoms with E-state index in [9.17, 15) is 0 Å². The van der Waals surface area contributed by atoms with Crippen LogP contribution in [0.5, 0.6) is 0 Å². The number of aryl methyl sites for hydroxylation is 1. The van der Waals surface area contributed by atoms with Crippen LogP contribution in [0.15, 0.2) is 5.38 Å². The highest BCUT2D eigenvalue weighted by Crippen LogP contribution is 2.12. The van der Waals surface area contributed by atoms with Gasteiger partial charge in [0.05, 0.1) is 5.01 Å². The molecule has 3 N–H and O–H groups in total. The van der Waals surface area contributed by atoms with Crippen molar-refractivity contribution in [2.45, 2.75) is 39.2 Å². The molecular weight excluding hydrogens is 206 g/mol. The van der Waals surface area contributed by atoms with Gasteiger partial charge < -0.3 is 0 Å². The molecule has 1 heterocycles. The number of rotatable bonds is 5. The van der Waals surface area contributed by atoms with E-state index in [0.717, 1.165) is 30.0 Å². The van der Waals surface area contributed by atoms with E-state index in [-0.39, 0.29) is 6.04 Å². The van der Waals surface area contributed by atoms with Gasteiger partial charge in [0.25, 0.3) is 0 Å². The molecule has 0 aliphatic heterocycles. The molecule has 0 aliphatic rings. The topological polar surface area (TPSA) is 50.9 Å². The summed E-state index contributed by atoms with van der Waals surface area (Å²) >= 11 is 1.69. The number of hydrogen-bond donors (Lipinski definition) is 2. The first-order valence-electron chi connectivity index (χ1n) is 5.03. The van der Waals surface area contributed by atoms with Crippen LogP contribution in [0.1, 0.15) is 30.5 Å². The first-order valence-corrected chi connectivity index (χ1v) is 5.91. The van der Waals surface area contributed by atoms with Crippen LogP contribution in [-0.2, 0) is 6.42 Å². The maximum atomic E-state index is 5.49. The molecule has 0 bridgehead atoms. The molecule has 82 valence electrons. The van der Waals surface area contributed by atoms with E-state index >= 15 is 0 Å². The molecule has 0 amide bonds. The third-order valence-corrected chi connectivity index (χ3v) is 3.11. The third kappa shape index (κ3) is 4.43. The van der Waals surface area contributed by atoms with Gasteiger partial charge in [-0.3, -0.25) is 11.3 Å². The van der Waals surface area contributed by atoms with Crippen molar-refractivity contribution >= 4 is 11.3 Å². The smallest absolute Gasteiger partial charge is 0.0944 e. The number of nitrogens with zero attached hydrogens (tertiary/aromatic N) is 1. The molecule has 1 unspecified atom stereocenters. The SMILES string of the molecule is CC#CCCC(Cc1nc(C)cs1)NN. The highest BCUT2D eigenvalue weighted by atomic mass is 32.1. The lowest BCUT2D eigenvalue weighted by molar-refractivity contribution is 0.497. The van der Waals surface area contributed by atoms with Crippen molar-refractivity contribution in [2.75, 3.05) is 0 Å². The first kappa shape index (κ1) is 12.2. The zero-order chi connectivity index (χ0) is 11.1. The largest absolute Gasteiger partial charge is 0.271 e. The van der Waals surface area contributed by atoms with Gasteiger partial charge in [-0.15, -0.1) is 23.2 Å². The Morgan fingerprint density at radius 1 is 1.67 bits per heavy atom. The molecule has 0 aliphatic carbocycles. The Morgan fingerprint density at radius 2 is 2.47 bits per heavy atom. The Morgan fingerprint density at radius 3 is 3.00 bits per heavy atom. The number of thiazole rings is 1. The minimum atomic E-state index is 0.274. The van der Waals surface area contributed by atoms with E-state index in [2.05, 4.69) is 27.6 Å². The zero-order valence-corrected chi connectivity index (χ0v) is 10.0. The Bertz CT molecular complexity index is 348. The van der Waals surface area contributed by atoms with Gasteiger partial charge >= 0.3 is 0 Å². The predicted molar refractivity (Wildman–Crippen MR) is 64.4 cm³/mol. The third-order valence-electron chi connectivity index (χ3n) is 2.12. The van der Waals surface area contributed by atoms with Crippen LogP contribution in [0.4, 0.5) is 0 Å². The van der Waals surface area contributed by atoms with Gasteiger partial charge in [0, 0.05) is 30.0 Å². The minimum Gasteiger partial charge on any atom is -0.271 e. The Labute approximate surface area is 95.1 Å². The van der Waals surface area contributed by atoms with Crippen LogP contribution < -0.4 is 11.3 Å². The highest BCUT2D eigenvalue weighted by Gasteiger charge is 2.09. The molecule has 0 radical (unpaired) electrons. The second-order valence-electron chi connectivity index (χ2n) is 3.42. The molecule has 0 aromatic carbocycles. The lowest BCUT2D eigenvalue weighted by atomic mass is 10.1. The molecule has 1 rings (SSSR count). The molecule has 0 saturated carbocycles. The maximum Gasteiger partial charge on any atom is 0.0944 e. The summed E-state index contributed by atoms with van der Waals surface area (Å²) in [7, 11) is 0. The Balaban J connectivity index is 2.41. The van der Waals surface area contributed by atoms with Gasteiger partial charge in [-0.1, -0.05) is 0 Å². The van der Waals surface area contributed by atoms with Crippen LogP contribution >= 0.6 is 11.3 Å². The van der Waals surface area contributed by atoms with E-state index in [0.29, 0.717) is 0 Å². The number of hydrazine groups is 1. The molecule has 1 aromatic rings. The van der Waals surface area contributed by atoms with Crippen molar-refractivity contribution in [2.24, 2.45) is 5.84 Å². The summed E-state index contributed by atoms with van der Waals surface area (Å²) in [5, 5.41) is 3.20. The Hall–Kier alpha value is -0.890. The van der Waals surface area contributed by atoms with Gasteiger partial charge in [-0.05, 0) is 20.3 Å². The second-order valence-corrected chi connectivity index (χ2v) is 4.36. The molecule has 15 heavy (non-hydrogen) atoms. The van der Waals surface area contributed by atoms with Crippen molar-refractivity contribution in [1.82, 2.24) is 10.4 Å². The van der Waals surface area contributed by atoms with E-state index < -0.39 is 0 Å². The number of nitrogens with two attached hydrogens (primary N) is 1. The normalized spacial score (nSPS) is 11.9. The average molecular weight is 223 g/mol. The zero-order valence-electron chi connectivity index (χ0n) is 9.21. The fourth-order valence-electron chi connectivity index (χ4n) is 1.32. The van der Waals surface area contributed by atoms with E-state index in [4.69, 9.17) is 5.84 Å². The van der Waals surface area contributed by atoms with E-state index in [1.165, 1.54) is 0 Å². The summed E-state index contributed by atoms with van der Waals surface area (Å²) in [5.74, 6) is 11.4. The van der Waals surface area contributed by atoms with Gasteiger partial charge in [-0.2, -0.15) is 0 Å². The molecule has 0 saturated heterocycles. The van der Waals surface area contributed by atoms with Crippen LogP contribution in [0.25, 0.3) is 0 Å².